The molecule has 0 aliphatic heterocycles. The van der Waals surface area contributed by atoms with Gasteiger partial charge < -0.3 is 19.5 Å². The van der Waals surface area contributed by atoms with Gasteiger partial charge in [-0.2, -0.15) is 0 Å². The standard InChI is InChI=1S/C18H19Cl2NO4/c1-3-23-13-6-8-17(24-4-2)15(10-13)21-18(22)11-25-16-7-5-12(19)9-14(16)20/h5-10H,3-4,11H2,1-2H3,(H,21,22). The van der Waals surface area contributed by atoms with Crippen LogP contribution in [0.25, 0.3) is 0 Å². The maximum absolute atomic E-state index is 12.2. The highest BCUT2D eigenvalue weighted by Gasteiger charge is 2.11. The van der Waals surface area contributed by atoms with Crippen LogP contribution in [0.4, 0.5) is 5.69 Å². The number of hydrogen-bond donors (Lipinski definition) is 1. The summed E-state index contributed by atoms with van der Waals surface area (Å²) < 4.78 is 16.4. The Bertz CT molecular complexity index is 737. The SMILES string of the molecule is CCOc1ccc(OCC)c(NC(=O)COc2ccc(Cl)cc2Cl)c1. The Labute approximate surface area is 156 Å². The van der Waals surface area contributed by atoms with Crippen molar-refractivity contribution in [3.63, 3.8) is 0 Å². The van der Waals surface area contributed by atoms with Gasteiger partial charge in [0.05, 0.1) is 23.9 Å². The van der Waals surface area contributed by atoms with E-state index in [0.717, 1.165) is 0 Å². The van der Waals surface area contributed by atoms with Gasteiger partial charge in [0.2, 0.25) is 0 Å². The predicted octanol–water partition coefficient (Wildman–Crippen LogP) is 4.81. The third-order valence-electron chi connectivity index (χ3n) is 3.09. The summed E-state index contributed by atoms with van der Waals surface area (Å²) in [4.78, 5) is 12.2. The first-order chi connectivity index (χ1) is 12.0. The fourth-order valence-corrected chi connectivity index (χ4v) is 2.53. The van der Waals surface area contributed by atoms with Crippen LogP contribution in [0.15, 0.2) is 36.4 Å². The predicted molar refractivity (Wildman–Crippen MR) is 99.4 cm³/mol. The van der Waals surface area contributed by atoms with Crippen molar-refractivity contribution in [3.05, 3.63) is 46.4 Å². The average Bonchev–Trinajstić information content (AvgIpc) is 2.57. The largest absolute Gasteiger partial charge is 0.494 e. The molecule has 5 nitrogen and oxygen atoms in total. The first-order valence-electron chi connectivity index (χ1n) is 7.80. The van der Waals surface area contributed by atoms with Crippen molar-refractivity contribution in [2.24, 2.45) is 0 Å². The molecule has 0 heterocycles. The Morgan fingerprint density at radius 3 is 2.36 bits per heavy atom. The van der Waals surface area contributed by atoms with Gasteiger partial charge in [-0.3, -0.25) is 4.79 Å². The van der Waals surface area contributed by atoms with Crippen molar-refractivity contribution in [2.45, 2.75) is 13.8 Å². The number of amides is 1. The molecule has 0 bridgehead atoms. The number of benzene rings is 2. The summed E-state index contributed by atoms with van der Waals surface area (Å²) >= 11 is 11.8. The summed E-state index contributed by atoms with van der Waals surface area (Å²) in [5.74, 6) is 1.24. The van der Waals surface area contributed by atoms with Crippen molar-refractivity contribution >= 4 is 34.8 Å². The maximum Gasteiger partial charge on any atom is 0.262 e. The number of hydrogen-bond acceptors (Lipinski definition) is 4. The third kappa shape index (κ3) is 5.73. The first-order valence-corrected chi connectivity index (χ1v) is 8.56. The molecule has 0 aromatic heterocycles. The van der Waals surface area contributed by atoms with E-state index in [1.807, 2.05) is 13.8 Å². The Morgan fingerprint density at radius 1 is 0.960 bits per heavy atom. The number of anilines is 1. The Balaban J connectivity index is 2.04. The molecular formula is C18H19Cl2NO4. The van der Waals surface area contributed by atoms with Gasteiger partial charge in [0.1, 0.15) is 17.2 Å². The van der Waals surface area contributed by atoms with Crippen molar-refractivity contribution < 1.29 is 19.0 Å². The smallest absolute Gasteiger partial charge is 0.262 e. The van der Waals surface area contributed by atoms with Gasteiger partial charge in [0, 0.05) is 11.1 Å². The van der Waals surface area contributed by atoms with Crippen LogP contribution >= 0.6 is 23.2 Å². The molecule has 0 aliphatic carbocycles. The van der Waals surface area contributed by atoms with Gasteiger partial charge in [-0.05, 0) is 44.2 Å². The van der Waals surface area contributed by atoms with Gasteiger partial charge in [-0.25, -0.2) is 0 Å². The van der Waals surface area contributed by atoms with E-state index in [2.05, 4.69) is 5.32 Å². The van der Waals surface area contributed by atoms with Crippen LogP contribution in [0.1, 0.15) is 13.8 Å². The number of ether oxygens (including phenoxy) is 3. The van der Waals surface area contributed by atoms with E-state index in [9.17, 15) is 4.79 Å². The minimum atomic E-state index is -0.347. The lowest BCUT2D eigenvalue weighted by atomic mass is 10.2. The molecule has 2 aromatic rings. The molecule has 0 spiro atoms. The van der Waals surface area contributed by atoms with Crippen LogP contribution in [0.5, 0.6) is 17.2 Å². The van der Waals surface area contributed by atoms with E-state index >= 15 is 0 Å². The molecule has 0 unspecified atom stereocenters. The summed E-state index contributed by atoms with van der Waals surface area (Å²) in [6.45, 7) is 4.56. The Kier molecular flexibility index (Phi) is 7.22. The van der Waals surface area contributed by atoms with E-state index in [0.29, 0.717) is 46.2 Å². The van der Waals surface area contributed by atoms with Gasteiger partial charge in [0.25, 0.3) is 5.91 Å². The second kappa shape index (κ2) is 9.39. The number of rotatable bonds is 8. The molecule has 0 aliphatic rings. The van der Waals surface area contributed by atoms with Crippen molar-refractivity contribution in [1.82, 2.24) is 0 Å². The molecule has 25 heavy (non-hydrogen) atoms. The zero-order chi connectivity index (χ0) is 18.2. The van der Waals surface area contributed by atoms with Crippen LogP contribution < -0.4 is 19.5 Å². The van der Waals surface area contributed by atoms with Gasteiger partial charge in [-0.1, -0.05) is 23.2 Å². The van der Waals surface area contributed by atoms with Crippen LogP contribution in [-0.4, -0.2) is 25.7 Å². The van der Waals surface area contributed by atoms with Gasteiger partial charge >= 0.3 is 0 Å². The Morgan fingerprint density at radius 2 is 1.68 bits per heavy atom. The summed E-state index contributed by atoms with van der Waals surface area (Å²) in [5, 5.41) is 3.59. The van der Waals surface area contributed by atoms with Crippen molar-refractivity contribution in [1.29, 1.82) is 0 Å². The minimum absolute atomic E-state index is 0.203. The van der Waals surface area contributed by atoms with Crippen molar-refractivity contribution in [2.75, 3.05) is 25.1 Å². The second-order valence-corrected chi connectivity index (χ2v) is 5.78. The van der Waals surface area contributed by atoms with E-state index in [-0.39, 0.29) is 12.5 Å². The van der Waals surface area contributed by atoms with E-state index in [4.69, 9.17) is 37.4 Å². The average molecular weight is 384 g/mol. The summed E-state index contributed by atoms with van der Waals surface area (Å²) in [6, 6.07) is 10.0. The van der Waals surface area contributed by atoms with Crippen LogP contribution in [0.2, 0.25) is 10.0 Å². The summed E-state index contributed by atoms with van der Waals surface area (Å²) in [6.07, 6.45) is 0. The summed E-state index contributed by atoms with van der Waals surface area (Å²) in [7, 11) is 0. The lowest BCUT2D eigenvalue weighted by molar-refractivity contribution is -0.118. The highest BCUT2D eigenvalue weighted by atomic mass is 35.5. The van der Waals surface area contributed by atoms with E-state index in [1.54, 1.807) is 36.4 Å². The quantitative estimate of drug-likeness (QED) is 0.710. The van der Waals surface area contributed by atoms with Crippen molar-refractivity contribution in [3.8, 4) is 17.2 Å². The summed E-state index contributed by atoms with van der Waals surface area (Å²) in [5.41, 5.74) is 0.517. The van der Waals surface area contributed by atoms with Gasteiger partial charge in [0.15, 0.2) is 6.61 Å². The third-order valence-corrected chi connectivity index (χ3v) is 3.62. The molecule has 2 rings (SSSR count). The zero-order valence-corrected chi connectivity index (χ0v) is 15.5. The highest BCUT2D eigenvalue weighted by Crippen LogP contribution is 2.30. The molecule has 7 heteroatoms. The normalized spacial score (nSPS) is 10.2. The fraction of sp³-hybridized carbons (Fsp3) is 0.278. The molecule has 2 aromatic carbocycles. The van der Waals surface area contributed by atoms with Crippen LogP contribution in [-0.2, 0) is 4.79 Å². The molecule has 0 fully saturated rings. The molecule has 0 saturated heterocycles. The first kappa shape index (κ1) is 19.2. The molecule has 0 atom stereocenters. The zero-order valence-electron chi connectivity index (χ0n) is 14.0. The number of nitrogens with one attached hydrogen (secondary N) is 1. The monoisotopic (exact) mass is 383 g/mol. The molecule has 0 radical (unpaired) electrons. The fourth-order valence-electron chi connectivity index (χ4n) is 2.07. The van der Waals surface area contributed by atoms with Crippen LogP contribution in [0, 0.1) is 0 Å². The number of carbonyl (C=O) groups excluding carboxylic acids is 1. The minimum Gasteiger partial charge on any atom is -0.494 e. The number of carbonyl (C=O) groups is 1. The molecule has 0 saturated carbocycles. The lowest BCUT2D eigenvalue weighted by Gasteiger charge is -2.14. The lowest BCUT2D eigenvalue weighted by Crippen LogP contribution is -2.20. The molecular weight excluding hydrogens is 365 g/mol. The highest BCUT2D eigenvalue weighted by molar-refractivity contribution is 6.35. The second-order valence-electron chi connectivity index (χ2n) is 4.94. The topological polar surface area (TPSA) is 56.8 Å². The van der Waals surface area contributed by atoms with Crippen LogP contribution in [0.3, 0.4) is 0 Å². The number of halogens is 2. The molecule has 134 valence electrons. The Hall–Kier alpha value is -2.11. The maximum atomic E-state index is 12.2. The van der Waals surface area contributed by atoms with Gasteiger partial charge in [-0.15, -0.1) is 0 Å². The molecule has 1 N–H and O–H groups in total. The molecule has 1 amide bonds. The van der Waals surface area contributed by atoms with E-state index in [1.165, 1.54) is 0 Å². The van der Waals surface area contributed by atoms with E-state index < -0.39 is 0 Å².